The highest BCUT2D eigenvalue weighted by atomic mass is 19.4. The van der Waals surface area contributed by atoms with Crippen molar-refractivity contribution in [3.8, 4) is 5.75 Å². The molecule has 0 aliphatic carbocycles. The maximum absolute atomic E-state index is 12.9. The molecule has 6 nitrogen and oxygen atoms in total. The molecule has 28 heavy (non-hydrogen) atoms. The van der Waals surface area contributed by atoms with Crippen molar-refractivity contribution in [2.24, 2.45) is 5.92 Å². The van der Waals surface area contributed by atoms with Gasteiger partial charge in [-0.15, -0.1) is 0 Å². The number of phenols is 1. The fourth-order valence-corrected chi connectivity index (χ4v) is 3.14. The number of benzene rings is 1. The Morgan fingerprint density at radius 2 is 1.89 bits per heavy atom. The molecule has 1 atom stereocenters. The SMILES string of the molecule is O=C(Nc1cc(O)cc(C(F)(F)F)c1)C1CCCN(C(=O)c2ccncc2)C1. The zero-order chi connectivity index (χ0) is 20.3. The minimum atomic E-state index is -4.64. The first-order valence-electron chi connectivity index (χ1n) is 8.65. The number of pyridine rings is 1. The summed E-state index contributed by atoms with van der Waals surface area (Å²) < 4.78 is 38.6. The molecular weight excluding hydrogens is 375 g/mol. The van der Waals surface area contributed by atoms with Crippen molar-refractivity contribution < 1.29 is 27.9 Å². The van der Waals surface area contributed by atoms with Gasteiger partial charge in [-0.1, -0.05) is 0 Å². The summed E-state index contributed by atoms with van der Waals surface area (Å²) in [5, 5.41) is 11.9. The highest BCUT2D eigenvalue weighted by Crippen LogP contribution is 2.34. The minimum absolute atomic E-state index is 0.144. The molecule has 1 aromatic heterocycles. The number of aromatic hydroxyl groups is 1. The number of phenolic OH excluding ortho intramolecular Hbond substituents is 1. The van der Waals surface area contributed by atoms with Gasteiger partial charge in [0.15, 0.2) is 0 Å². The molecule has 2 amide bonds. The van der Waals surface area contributed by atoms with E-state index in [0.29, 0.717) is 31.0 Å². The lowest BCUT2D eigenvalue weighted by molar-refractivity contribution is -0.137. The predicted molar refractivity (Wildman–Crippen MR) is 94.6 cm³/mol. The fourth-order valence-electron chi connectivity index (χ4n) is 3.14. The summed E-state index contributed by atoms with van der Waals surface area (Å²) in [6.45, 7) is 0.660. The lowest BCUT2D eigenvalue weighted by Gasteiger charge is -2.32. The van der Waals surface area contributed by atoms with Crippen molar-refractivity contribution in [2.75, 3.05) is 18.4 Å². The average Bonchev–Trinajstić information content (AvgIpc) is 2.67. The van der Waals surface area contributed by atoms with E-state index in [2.05, 4.69) is 10.3 Å². The second-order valence-electron chi connectivity index (χ2n) is 6.58. The van der Waals surface area contributed by atoms with Gasteiger partial charge in [-0.25, -0.2) is 0 Å². The molecule has 0 saturated carbocycles. The Morgan fingerprint density at radius 1 is 1.18 bits per heavy atom. The van der Waals surface area contributed by atoms with Gasteiger partial charge in [0.05, 0.1) is 11.5 Å². The number of piperidine rings is 1. The highest BCUT2D eigenvalue weighted by molar-refractivity contribution is 5.96. The third-order valence-corrected chi connectivity index (χ3v) is 4.52. The third kappa shape index (κ3) is 4.59. The van der Waals surface area contributed by atoms with Crippen molar-refractivity contribution in [1.29, 1.82) is 0 Å². The number of halogens is 3. The minimum Gasteiger partial charge on any atom is -0.508 e. The topological polar surface area (TPSA) is 82.5 Å². The van der Waals surface area contributed by atoms with Gasteiger partial charge in [-0.2, -0.15) is 13.2 Å². The molecule has 0 spiro atoms. The largest absolute Gasteiger partial charge is 0.508 e. The van der Waals surface area contributed by atoms with E-state index in [9.17, 15) is 27.9 Å². The Labute approximate surface area is 159 Å². The summed E-state index contributed by atoms with van der Waals surface area (Å²) >= 11 is 0. The van der Waals surface area contributed by atoms with Gasteiger partial charge < -0.3 is 15.3 Å². The summed E-state index contributed by atoms with van der Waals surface area (Å²) in [4.78, 5) is 30.5. The van der Waals surface area contributed by atoms with Gasteiger partial charge in [0.1, 0.15) is 5.75 Å². The zero-order valence-electron chi connectivity index (χ0n) is 14.7. The number of hydrogen-bond donors (Lipinski definition) is 2. The van der Waals surface area contributed by atoms with Crippen LogP contribution < -0.4 is 5.32 Å². The number of hydrogen-bond acceptors (Lipinski definition) is 4. The maximum Gasteiger partial charge on any atom is 0.416 e. The fraction of sp³-hybridized carbons (Fsp3) is 0.316. The molecule has 1 fully saturated rings. The monoisotopic (exact) mass is 393 g/mol. The van der Waals surface area contributed by atoms with Gasteiger partial charge in [0, 0.05) is 42.8 Å². The Kier molecular flexibility index (Phi) is 5.53. The van der Waals surface area contributed by atoms with Crippen LogP contribution in [0.15, 0.2) is 42.7 Å². The van der Waals surface area contributed by atoms with Crippen LogP contribution in [0.3, 0.4) is 0 Å². The molecule has 0 radical (unpaired) electrons. The van der Waals surface area contributed by atoms with E-state index in [1.807, 2.05) is 0 Å². The molecular formula is C19H18F3N3O3. The first-order chi connectivity index (χ1) is 13.2. The van der Waals surface area contributed by atoms with Crippen LogP contribution in [0, 0.1) is 5.92 Å². The van der Waals surface area contributed by atoms with Gasteiger partial charge >= 0.3 is 6.18 Å². The number of likely N-dealkylation sites (tertiary alicyclic amines) is 1. The number of carbonyl (C=O) groups excluding carboxylic acids is 2. The van der Waals surface area contributed by atoms with E-state index in [1.165, 1.54) is 12.4 Å². The van der Waals surface area contributed by atoms with Crippen molar-refractivity contribution in [1.82, 2.24) is 9.88 Å². The second-order valence-corrected chi connectivity index (χ2v) is 6.58. The molecule has 2 aromatic rings. The molecule has 2 heterocycles. The van der Waals surface area contributed by atoms with Crippen LogP contribution in [0.25, 0.3) is 0 Å². The highest BCUT2D eigenvalue weighted by Gasteiger charge is 2.32. The van der Waals surface area contributed by atoms with E-state index >= 15 is 0 Å². The maximum atomic E-state index is 12.9. The average molecular weight is 393 g/mol. The first-order valence-corrected chi connectivity index (χ1v) is 8.65. The number of rotatable bonds is 3. The van der Waals surface area contributed by atoms with Crippen LogP contribution in [0.1, 0.15) is 28.8 Å². The molecule has 1 aromatic carbocycles. The number of aromatic nitrogens is 1. The summed E-state index contributed by atoms with van der Waals surface area (Å²) in [5.74, 6) is -1.87. The van der Waals surface area contributed by atoms with Crippen molar-refractivity contribution in [2.45, 2.75) is 19.0 Å². The normalized spacial score (nSPS) is 17.2. The third-order valence-electron chi connectivity index (χ3n) is 4.52. The van der Waals surface area contributed by atoms with Crippen LogP contribution >= 0.6 is 0 Å². The van der Waals surface area contributed by atoms with Gasteiger partial charge in [-0.3, -0.25) is 14.6 Å². The molecule has 1 aliphatic heterocycles. The second kappa shape index (κ2) is 7.87. The molecule has 2 N–H and O–H groups in total. The lowest BCUT2D eigenvalue weighted by atomic mass is 9.96. The summed E-state index contributed by atoms with van der Waals surface area (Å²) in [7, 11) is 0. The summed E-state index contributed by atoms with van der Waals surface area (Å²) in [5.41, 5.74) is -0.741. The Balaban J connectivity index is 1.69. The van der Waals surface area contributed by atoms with E-state index < -0.39 is 29.3 Å². The Morgan fingerprint density at radius 3 is 2.57 bits per heavy atom. The van der Waals surface area contributed by atoms with Crippen molar-refractivity contribution >= 4 is 17.5 Å². The molecule has 1 unspecified atom stereocenters. The van der Waals surface area contributed by atoms with Crippen LogP contribution in [-0.4, -0.2) is 39.9 Å². The summed E-state index contributed by atoms with van der Waals surface area (Å²) in [6.07, 6.45) is -0.528. The number of nitrogens with one attached hydrogen (secondary N) is 1. The number of carbonyl (C=O) groups is 2. The van der Waals surface area contributed by atoms with E-state index in [0.717, 1.165) is 12.1 Å². The van der Waals surface area contributed by atoms with Crippen LogP contribution in [0.4, 0.5) is 18.9 Å². The van der Waals surface area contributed by atoms with Crippen LogP contribution in [-0.2, 0) is 11.0 Å². The lowest BCUT2D eigenvalue weighted by Crippen LogP contribution is -2.43. The molecule has 148 valence electrons. The van der Waals surface area contributed by atoms with E-state index in [1.54, 1.807) is 17.0 Å². The van der Waals surface area contributed by atoms with Crippen LogP contribution in [0.2, 0.25) is 0 Å². The van der Waals surface area contributed by atoms with Gasteiger partial charge in [-0.05, 0) is 37.1 Å². The Hall–Kier alpha value is -3.10. The molecule has 0 bridgehead atoms. The number of alkyl halides is 3. The smallest absolute Gasteiger partial charge is 0.416 e. The van der Waals surface area contributed by atoms with Crippen LogP contribution in [0.5, 0.6) is 5.75 Å². The number of nitrogens with zero attached hydrogens (tertiary/aromatic N) is 2. The predicted octanol–water partition coefficient (Wildman–Crippen LogP) is 3.30. The van der Waals surface area contributed by atoms with Crippen molar-refractivity contribution in [3.63, 3.8) is 0 Å². The molecule has 1 saturated heterocycles. The number of anilines is 1. The number of amides is 2. The quantitative estimate of drug-likeness (QED) is 0.838. The molecule has 9 heteroatoms. The van der Waals surface area contributed by atoms with Crippen molar-refractivity contribution in [3.05, 3.63) is 53.9 Å². The van der Waals surface area contributed by atoms with Gasteiger partial charge in [0.25, 0.3) is 5.91 Å². The van der Waals surface area contributed by atoms with E-state index in [4.69, 9.17) is 0 Å². The summed E-state index contributed by atoms with van der Waals surface area (Å²) in [6, 6.07) is 5.57. The Bertz CT molecular complexity index is 872. The molecule has 3 rings (SSSR count). The standard InChI is InChI=1S/C19H18F3N3O3/c20-19(21,22)14-8-15(10-16(26)9-14)24-17(27)13-2-1-7-25(11-13)18(28)12-3-5-23-6-4-12/h3-6,8-10,13,26H,1-2,7,11H2,(H,24,27). The first kappa shape index (κ1) is 19.7. The molecule has 1 aliphatic rings. The van der Waals surface area contributed by atoms with E-state index in [-0.39, 0.29) is 18.1 Å². The zero-order valence-corrected chi connectivity index (χ0v) is 14.7. The van der Waals surface area contributed by atoms with Gasteiger partial charge in [0.2, 0.25) is 5.91 Å².